The molecular weight excluding hydrogens is 528 g/mol. The van der Waals surface area contributed by atoms with Crippen LogP contribution in [-0.4, -0.2) is 84.3 Å². The minimum absolute atomic E-state index is 0.0102. The summed E-state index contributed by atoms with van der Waals surface area (Å²) in [6, 6.07) is 10.1. The Bertz CT molecular complexity index is 1180. The summed E-state index contributed by atoms with van der Waals surface area (Å²) in [5.74, 6) is -5.20. The molecule has 0 unspecified atom stereocenters. The summed E-state index contributed by atoms with van der Waals surface area (Å²) in [4.78, 5) is 49.0. The van der Waals surface area contributed by atoms with Crippen molar-refractivity contribution in [1.29, 1.82) is 0 Å². The zero-order chi connectivity index (χ0) is 29.2. The number of hydrogen-bond donors (Lipinski definition) is 4. The number of nitrogens with zero attached hydrogens (tertiary/aromatic N) is 2. The molecule has 0 saturated carbocycles. The average Bonchev–Trinajstić information content (AvgIpc) is 2.88. The molecule has 0 atom stereocenters. The first-order chi connectivity index (χ1) is 18.3. The van der Waals surface area contributed by atoms with Crippen LogP contribution in [0.25, 0.3) is 0 Å². The molecule has 3 rings (SSSR count). The van der Waals surface area contributed by atoms with Gasteiger partial charge in [0.05, 0.1) is 29.0 Å². The van der Waals surface area contributed by atoms with E-state index >= 15 is 0 Å². The topological polar surface area (TPSA) is 139 Å². The number of aromatic carboxylic acids is 1. The van der Waals surface area contributed by atoms with Gasteiger partial charge >= 0.3 is 18.1 Å². The van der Waals surface area contributed by atoms with Crippen LogP contribution in [0.2, 0.25) is 0 Å². The number of piperazine rings is 1. The molecule has 212 valence electrons. The second-order valence-electron chi connectivity index (χ2n) is 8.39. The molecule has 10 nitrogen and oxygen atoms in total. The first-order valence-electron chi connectivity index (χ1n) is 11.8. The van der Waals surface area contributed by atoms with Crippen molar-refractivity contribution in [2.24, 2.45) is 0 Å². The summed E-state index contributed by atoms with van der Waals surface area (Å²) >= 11 is 0. The van der Waals surface area contributed by atoms with Gasteiger partial charge in [0.1, 0.15) is 5.82 Å². The molecule has 2 aromatic carbocycles. The Balaban J connectivity index is 0.000000673. The molecule has 1 saturated heterocycles. The lowest BCUT2D eigenvalue weighted by molar-refractivity contribution is -0.192. The molecule has 1 fully saturated rings. The number of amides is 2. The molecule has 1 aliphatic rings. The smallest absolute Gasteiger partial charge is 0.478 e. The van der Waals surface area contributed by atoms with E-state index in [-0.39, 0.29) is 17.0 Å². The lowest BCUT2D eigenvalue weighted by Crippen LogP contribution is -2.49. The predicted molar refractivity (Wildman–Crippen MR) is 133 cm³/mol. The van der Waals surface area contributed by atoms with Crippen LogP contribution in [0, 0.1) is 5.82 Å². The Hall–Kier alpha value is -4.20. The largest absolute Gasteiger partial charge is 0.490 e. The summed E-state index contributed by atoms with van der Waals surface area (Å²) in [5.41, 5.74) is 0.841. The summed E-state index contributed by atoms with van der Waals surface area (Å²) in [6.45, 7) is 5.44. The zero-order valence-corrected chi connectivity index (χ0v) is 20.9. The minimum Gasteiger partial charge on any atom is -0.478 e. The van der Waals surface area contributed by atoms with Crippen molar-refractivity contribution in [1.82, 2.24) is 10.2 Å². The number of carboxylic acid groups (broad SMARTS) is 2. The van der Waals surface area contributed by atoms with Crippen LogP contribution < -0.4 is 15.5 Å². The molecular formula is C25H28F4N4O6. The maximum absolute atomic E-state index is 14.0. The number of carbonyl (C=O) groups excluding carboxylic acids is 2. The van der Waals surface area contributed by atoms with Gasteiger partial charge in [-0.15, -0.1) is 0 Å². The normalized spacial score (nSPS) is 13.6. The molecule has 0 spiro atoms. The Morgan fingerprint density at radius 3 is 2.13 bits per heavy atom. The van der Waals surface area contributed by atoms with Crippen molar-refractivity contribution in [3.63, 3.8) is 0 Å². The van der Waals surface area contributed by atoms with Crippen LogP contribution in [-0.2, 0) is 9.59 Å². The third-order valence-electron chi connectivity index (χ3n) is 5.51. The maximum Gasteiger partial charge on any atom is 0.490 e. The summed E-state index contributed by atoms with van der Waals surface area (Å²) in [5, 5.41) is 22.0. The van der Waals surface area contributed by atoms with E-state index in [0.29, 0.717) is 50.6 Å². The van der Waals surface area contributed by atoms with E-state index in [0.717, 1.165) is 6.42 Å². The lowest BCUT2D eigenvalue weighted by atomic mass is 10.1. The van der Waals surface area contributed by atoms with E-state index in [1.54, 1.807) is 12.1 Å². The number of aliphatic carboxylic acids is 1. The fourth-order valence-electron chi connectivity index (χ4n) is 3.55. The maximum atomic E-state index is 14.0. The van der Waals surface area contributed by atoms with Gasteiger partial charge in [-0.1, -0.05) is 19.1 Å². The van der Waals surface area contributed by atoms with Crippen LogP contribution in [0.1, 0.15) is 34.1 Å². The molecule has 2 aromatic rings. The number of halogens is 4. The second kappa shape index (κ2) is 14.1. The second-order valence-corrected chi connectivity index (χ2v) is 8.39. The van der Waals surface area contributed by atoms with Gasteiger partial charge in [-0.05, 0) is 36.8 Å². The minimum atomic E-state index is -5.08. The number of carbonyl (C=O) groups is 4. The fourth-order valence-corrected chi connectivity index (χ4v) is 3.55. The van der Waals surface area contributed by atoms with Gasteiger partial charge in [0.25, 0.3) is 5.91 Å². The van der Waals surface area contributed by atoms with Crippen LogP contribution in [0.5, 0.6) is 0 Å². The van der Waals surface area contributed by atoms with Crippen molar-refractivity contribution in [2.75, 3.05) is 49.5 Å². The van der Waals surface area contributed by atoms with Gasteiger partial charge in [0.15, 0.2) is 0 Å². The van der Waals surface area contributed by atoms with Gasteiger partial charge in [-0.3, -0.25) is 14.5 Å². The van der Waals surface area contributed by atoms with Gasteiger partial charge in [0, 0.05) is 32.7 Å². The van der Waals surface area contributed by atoms with E-state index in [1.165, 1.54) is 30.3 Å². The fraction of sp³-hybridized carbons (Fsp3) is 0.360. The SMILES string of the molecule is CCCNC(=O)CN1CCN(c2ccc(C(=O)O)cc2NC(=O)c2ccccc2F)CC1.O=C(O)C(F)(F)F. The van der Waals surface area contributed by atoms with E-state index in [9.17, 15) is 37.1 Å². The summed E-state index contributed by atoms with van der Waals surface area (Å²) in [6.07, 6.45) is -4.20. The highest BCUT2D eigenvalue weighted by Crippen LogP contribution is 2.29. The van der Waals surface area contributed by atoms with Crippen LogP contribution >= 0.6 is 0 Å². The Morgan fingerprint density at radius 1 is 0.974 bits per heavy atom. The Labute approximate surface area is 221 Å². The lowest BCUT2D eigenvalue weighted by Gasteiger charge is -2.36. The van der Waals surface area contributed by atoms with Crippen molar-refractivity contribution < 1.29 is 47.0 Å². The first-order valence-corrected chi connectivity index (χ1v) is 11.8. The van der Waals surface area contributed by atoms with Crippen molar-refractivity contribution in [2.45, 2.75) is 19.5 Å². The molecule has 0 radical (unpaired) electrons. The van der Waals surface area contributed by atoms with Crippen molar-refractivity contribution in [3.05, 3.63) is 59.4 Å². The Kier molecular flexibility index (Phi) is 11.2. The van der Waals surface area contributed by atoms with Crippen LogP contribution in [0.4, 0.5) is 28.9 Å². The van der Waals surface area contributed by atoms with Crippen molar-refractivity contribution >= 4 is 35.1 Å². The summed E-state index contributed by atoms with van der Waals surface area (Å²) in [7, 11) is 0. The average molecular weight is 557 g/mol. The van der Waals surface area contributed by atoms with Gasteiger partial charge < -0.3 is 25.7 Å². The van der Waals surface area contributed by atoms with E-state index in [2.05, 4.69) is 10.6 Å². The van der Waals surface area contributed by atoms with Gasteiger partial charge in [0.2, 0.25) is 5.91 Å². The van der Waals surface area contributed by atoms with Crippen LogP contribution in [0.3, 0.4) is 0 Å². The number of nitrogens with one attached hydrogen (secondary N) is 2. The van der Waals surface area contributed by atoms with E-state index in [4.69, 9.17) is 9.90 Å². The molecule has 0 bridgehead atoms. The van der Waals surface area contributed by atoms with E-state index < -0.39 is 29.8 Å². The molecule has 2 amide bonds. The molecule has 0 aromatic heterocycles. The number of benzene rings is 2. The monoisotopic (exact) mass is 556 g/mol. The highest BCUT2D eigenvalue weighted by molar-refractivity contribution is 6.07. The number of hydrogen-bond acceptors (Lipinski definition) is 6. The van der Waals surface area contributed by atoms with Crippen LogP contribution in [0.15, 0.2) is 42.5 Å². The quantitative estimate of drug-likeness (QED) is 0.364. The first kappa shape index (κ1) is 31.0. The van der Waals surface area contributed by atoms with E-state index in [1.807, 2.05) is 16.7 Å². The molecule has 39 heavy (non-hydrogen) atoms. The third-order valence-corrected chi connectivity index (χ3v) is 5.51. The molecule has 1 aliphatic heterocycles. The standard InChI is InChI=1S/C23H27FN4O4.C2HF3O2/c1-2-9-25-21(29)15-27-10-12-28(13-11-27)20-8-7-16(23(31)32)14-19(20)26-22(30)17-5-3-4-6-18(17)24;3-2(4,5)1(6)7/h3-8,14H,2,9-13,15H2,1H3,(H,25,29)(H,26,30)(H,31,32);(H,6,7). The van der Waals surface area contributed by atoms with Crippen molar-refractivity contribution in [3.8, 4) is 0 Å². The molecule has 0 aliphatic carbocycles. The zero-order valence-electron chi connectivity index (χ0n) is 20.9. The Morgan fingerprint density at radius 2 is 1.59 bits per heavy atom. The number of carboxylic acids is 2. The summed E-state index contributed by atoms with van der Waals surface area (Å²) < 4.78 is 45.8. The van der Waals surface area contributed by atoms with Gasteiger partial charge in [-0.25, -0.2) is 14.0 Å². The molecule has 4 N–H and O–H groups in total. The molecule has 1 heterocycles. The third kappa shape index (κ3) is 9.56. The highest BCUT2D eigenvalue weighted by Gasteiger charge is 2.38. The predicted octanol–water partition coefficient (Wildman–Crippen LogP) is 3.06. The van der Waals surface area contributed by atoms with Gasteiger partial charge in [-0.2, -0.15) is 13.2 Å². The number of anilines is 2. The molecule has 14 heteroatoms. The number of alkyl halides is 3. The number of rotatable bonds is 8. The highest BCUT2D eigenvalue weighted by atomic mass is 19.4.